The average Bonchev–Trinajstić information content (AvgIpc) is 3.69. The number of fused-ring (bicyclic) bond motifs is 6. The number of rotatable bonds is 4. The average molecular weight is 607 g/mol. The number of hydrogen-bond acceptors (Lipinski definition) is 6. The molecule has 4 fully saturated rings. The summed E-state index contributed by atoms with van der Waals surface area (Å²) in [6.45, 7) is 4.03. The number of halogens is 1. The molecule has 0 spiro atoms. The molecule has 11 heteroatoms. The van der Waals surface area contributed by atoms with Gasteiger partial charge in [-0.05, 0) is 87.1 Å². The molecule has 7 rings (SSSR count). The van der Waals surface area contributed by atoms with E-state index in [-0.39, 0.29) is 24.7 Å². The van der Waals surface area contributed by atoms with E-state index in [9.17, 15) is 29.7 Å². The maximum absolute atomic E-state index is 17.8. The molecule has 1 aromatic heterocycles. The number of alkyl halides is 1. The van der Waals surface area contributed by atoms with Crippen LogP contribution in [-0.4, -0.2) is 77.7 Å². The predicted octanol–water partition coefficient (Wildman–Crippen LogP) is 3.02. The molecule has 2 amide bonds. The van der Waals surface area contributed by atoms with E-state index in [1.807, 2.05) is 19.1 Å². The van der Waals surface area contributed by atoms with E-state index in [1.165, 1.54) is 4.90 Å². The number of amides is 2. The van der Waals surface area contributed by atoms with Gasteiger partial charge in [0.15, 0.2) is 5.60 Å². The number of hydrogen-bond donors (Lipinski definition) is 4. The molecule has 0 radical (unpaired) electrons. The number of carbonyl (C=O) groups excluding carboxylic acids is 2. The number of aliphatic hydroxyl groups excluding tert-OH is 1. The van der Waals surface area contributed by atoms with Gasteiger partial charge in [-0.2, -0.15) is 5.10 Å². The maximum Gasteiger partial charge on any atom is 0.336 e. The Kier molecular flexibility index (Phi) is 6.27. The minimum Gasteiger partial charge on any atom is -0.479 e. The summed E-state index contributed by atoms with van der Waals surface area (Å²) in [5.74, 6) is -3.05. The normalized spacial score (nSPS) is 39.1. The second kappa shape index (κ2) is 9.47. The molecule has 5 N–H and O–H groups in total. The third-order valence-electron chi connectivity index (χ3n) is 12.3. The fraction of sp³-hybridized carbons (Fsp3) is 0.576. The van der Waals surface area contributed by atoms with Crippen LogP contribution < -0.4 is 5.73 Å². The van der Waals surface area contributed by atoms with E-state index in [1.54, 1.807) is 36.0 Å². The highest BCUT2D eigenvalue weighted by Crippen LogP contribution is 2.70. The van der Waals surface area contributed by atoms with E-state index < -0.39 is 52.0 Å². The fourth-order valence-corrected chi connectivity index (χ4v) is 9.86. The molecule has 1 aliphatic heterocycles. The van der Waals surface area contributed by atoms with E-state index in [4.69, 9.17) is 5.73 Å². The first-order valence-electron chi connectivity index (χ1n) is 15.6. The number of carboxylic acids is 1. The minimum atomic E-state index is -2.01. The molecule has 2 aromatic rings. The molecule has 8 atom stereocenters. The zero-order chi connectivity index (χ0) is 31.4. The van der Waals surface area contributed by atoms with Crippen LogP contribution in [0.5, 0.6) is 0 Å². The largest absolute Gasteiger partial charge is 0.479 e. The highest BCUT2D eigenvalue weighted by atomic mass is 19.1. The van der Waals surface area contributed by atoms with Crippen molar-refractivity contribution in [3.63, 3.8) is 0 Å². The smallest absolute Gasteiger partial charge is 0.336 e. The zero-order valence-electron chi connectivity index (χ0n) is 25.0. The molecule has 44 heavy (non-hydrogen) atoms. The molecular weight excluding hydrogens is 567 g/mol. The molecule has 1 aromatic carbocycles. The molecule has 10 nitrogen and oxygen atoms in total. The van der Waals surface area contributed by atoms with Gasteiger partial charge in [-0.25, -0.2) is 13.9 Å². The lowest BCUT2D eigenvalue weighted by Crippen LogP contribution is -2.69. The van der Waals surface area contributed by atoms with Crippen LogP contribution in [0, 0.1) is 22.7 Å². The molecule has 2 heterocycles. The van der Waals surface area contributed by atoms with Gasteiger partial charge in [0.2, 0.25) is 5.91 Å². The van der Waals surface area contributed by atoms with Gasteiger partial charge in [0.05, 0.1) is 23.7 Å². The number of nitrogens with zero attached hydrogens (tertiary/aromatic N) is 3. The first kappa shape index (κ1) is 29.2. The van der Waals surface area contributed by atoms with Crippen molar-refractivity contribution in [3.05, 3.63) is 52.9 Å². The standard InChI is InChI=1S/C33H39FN4O6/c1-30-15-19-17-36-38(21-6-3-5-18(13-21)28(41)37-12-4-7-24(37)27(35)40)25(19)14-20(30)8-9-23-22-10-11-32(44,29(42)43)31(22,2)16-26(39)33(23,30)34/h3,5-6,13-14,17,22-24,26,39,44H,4,7-12,15-16H2,1-2H3,(H2,35,40)(H,42,43)/t22?,23-,24+,26-,30-,31-,32-,33-/m0/s1. The third kappa shape index (κ3) is 3.59. The summed E-state index contributed by atoms with van der Waals surface area (Å²) in [7, 11) is 0. The molecule has 0 bridgehead atoms. The van der Waals surface area contributed by atoms with Gasteiger partial charge in [0.1, 0.15) is 11.7 Å². The summed E-state index contributed by atoms with van der Waals surface area (Å²) in [5, 5.41) is 37.3. The number of likely N-dealkylation sites (tertiary alicyclic amines) is 1. The van der Waals surface area contributed by atoms with Crippen LogP contribution in [0.1, 0.15) is 80.4 Å². The number of primary amides is 1. The van der Waals surface area contributed by atoms with Crippen LogP contribution in [0.25, 0.3) is 11.8 Å². The van der Waals surface area contributed by atoms with Crippen LogP contribution in [0.15, 0.2) is 36.0 Å². The van der Waals surface area contributed by atoms with E-state index >= 15 is 4.39 Å². The second-order valence-corrected chi connectivity index (χ2v) is 14.1. The molecule has 3 saturated carbocycles. The lowest BCUT2D eigenvalue weighted by atomic mass is 9.44. The third-order valence-corrected chi connectivity index (χ3v) is 12.3. The number of aliphatic carboxylic acids is 1. The van der Waals surface area contributed by atoms with Gasteiger partial charge in [-0.15, -0.1) is 0 Å². The van der Waals surface area contributed by atoms with Crippen molar-refractivity contribution in [2.24, 2.45) is 28.4 Å². The van der Waals surface area contributed by atoms with Crippen LogP contribution in [0.4, 0.5) is 4.39 Å². The molecular formula is C33H39FN4O6. The number of carbonyl (C=O) groups is 3. The Morgan fingerprint density at radius 2 is 1.91 bits per heavy atom. The van der Waals surface area contributed by atoms with Crippen molar-refractivity contribution in [3.8, 4) is 5.69 Å². The number of aliphatic hydroxyl groups is 2. The van der Waals surface area contributed by atoms with Crippen LogP contribution in [-0.2, 0) is 16.0 Å². The van der Waals surface area contributed by atoms with Crippen molar-refractivity contribution in [1.29, 1.82) is 0 Å². The Morgan fingerprint density at radius 3 is 2.64 bits per heavy atom. The Labute approximate surface area is 254 Å². The summed E-state index contributed by atoms with van der Waals surface area (Å²) in [4.78, 5) is 38.9. The van der Waals surface area contributed by atoms with Gasteiger partial charge >= 0.3 is 5.97 Å². The van der Waals surface area contributed by atoms with Crippen LogP contribution >= 0.6 is 0 Å². The van der Waals surface area contributed by atoms with Crippen molar-refractivity contribution in [2.45, 2.75) is 88.6 Å². The SMILES string of the molecule is C[C@]12Cc3cnn(-c4cccc(C(=O)N5CCC[C@@H]5C(N)=O)c4)c3C=C1CC[C@H]1C3CC[C@](O)(C(=O)O)[C@@]3(C)C[C@H](O)[C@@]12F. The van der Waals surface area contributed by atoms with Crippen molar-refractivity contribution in [1.82, 2.24) is 14.7 Å². The Bertz CT molecular complexity index is 1620. The first-order chi connectivity index (χ1) is 20.8. The second-order valence-electron chi connectivity index (χ2n) is 14.1. The Morgan fingerprint density at radius 1 is 1.14 bits per heavy atom. The van der Waals surface area contributed by atoms with Crippen molar-refractivity contribution >= 4 is 23.9 Å². The summed E-state index contributed by atoms with van der Waals surface area (Å²) in [6.07, 6.45) is 5.11. The number of nitrogens with two attached hydrogens (primary N) is 1. The molecule has 1 saturated heterocycles. The monoisotopic (exact) mass is 606 g/mol. The number of benzene rings is 1. The predicted molar refractivity (Wildman–Crippen MR) is 157 cm³/mol. The quantitative estimate of drug-likeness (QED) is 0.416. The van der Waals surface area contributed by atoms with Gasteiger partial charge in [-0.3, -0.25) is 9.59 Å². The summed E-state index contributed by atoms with van der Waals surface area (Å²) < 4.78 is 19.5. The summed E-state index contributed by atoms with van der Waals surface area (Å²) in [5.41, 5.74) is 2.90. The van der Waals surface area contributed by atoms with E-state index in [0.717, 1.165) is 16.8 Å². The van der Waals surface area contributed by atoms with Crippen LogP contribution in [0.2, 0.25) is 0 Å². The molecule has 234 valence electrons. The Hall–Kier alpha value is -3.57. The van der Waals surface area contributed by atoms with E-state index in [2.05, 4.69) is 5.10 Å². The first-order valence-corrected chi connectivity index (χ1v) is 15.6. The zero-order valence-corrected chi connectivity index (χ0v) is 25.0. The molecule has 1 unspecified atom stereocenters. The van der Waals surface area contributed by atoms with Gasteiger partial charge in [0.25, 0.3) is 5.91 Å². The minimum absolute atomic E-state index is 0.0433. The molecule has 4 aliphatic carbocycles. The van der Waals surface area contributed by atoms with Crippen molar-refractivity contribution < 1.29 is 34.1 Å². The molecule has 5 aliphatic rings. The summed E-state index contributed by atoms with van der Waals surface area (Å²) >= 11 is 0. The van der Waals surface area contributed by atoms with Gasteiger partial charge in [0, 0.05) is 28.9 Å². The fourth-order valence-electron chi connectivity index (χ4n) is 9.86. The number of allylic oxidation sites excluding steroid dienone is 1. The topological polar surface area (TPSA) is 159 Å². The Balaban J connectivity index is 1.22. The van der Waals surface area contributed by atoms with E-state index in [0.29, 0.717) is 56.3 Å². The van der Waals surface area contributed by atoms with Crippen LogP contribution in [0.3, 0.4) is 0 Å². The lowest BCUT2D eigenvalue weighted by molar-refractivity contribution is -0.229. The van der Waals surface area contributed by atoms with Crippen molar-refractivity contribution in [2.75, 3.05) is 6.54 Å². The number of aromatic nitrogens is 2. The summed E-state index contributed by atoms with van der Waals surface area (Å²) in [6, 6.07) is 6.43. The lowest BCUT2D eigenvalue weighted by Gasteiger charge is -2.63. The van der Waals surface area contributed by atoms with Gasteiger partial charge < -0.3 is 26.0 Å². The van der Waals surface area contributed by atoms with Gasteiger partial charge in [-0.1, -0.05) is 25.5 Å². The maximum atomic E-state index is 17.8. The number of carboxylic acid groups (broad SMARTS) is 1. The highest BCUT2D eigenvalue weighted by molar-refractivity contribution is 5.98. The highest BCUT2D eigenvalue weighted by Gasteiger charge is 2.74.